The summed E-state index contributed by atoms with van der Waals surface area (Å²) >= 11 is 2.09. The van der Waals surface area contributed by atoms with Gasteiger partial charge in [0.1, 0.15) is 0 Å². The number of carboxylic acids is 1. The van der Waals surface area contributed by atoms with Crippen molar-refractivity contribution in [1.29, 1.82) is 0 Å². The summed E-state index contributed by atoms with van der Waals surface area (Å²) < 4.78 is 0.893. The molecule has 142 valence electrons. The molecule has 0 bridgehead atoms. The van der Waals surface area contributed by atoms with E-state index in [-0.39, 0.29) is 22.8 Å². The number of carboxylic acid groups (broad SMARTS) is 1. The molecule has 1 aromatic heterocycles. The van der Waals surface area contributed by atoms with Crippen LogP contribution < -0.4 is 5.32 Å². The number of aromatic carboxylic acids is 1. The molecular weight excluding hydrogens is 479 g/mol. The van der Waals surface area contributed by atoms with Crippen molar-refractivity contribution in [2.24, 2.45) is 10.2 Å². The minimum Gasteiger partial charge on any atom is -0.493 e. The van der Waals surface area contributed by atoms with Crippen molar-refractivity contribution in [3.05, 3.63) is 51.1 Å². The standard InChI is InChI=1S/C18H13IN4O5/c1-8-6-10(3-4-11(8)18(27)28)20-16(25)17(26)23-22-14-12-7-9(19)2-5-13(12)21-15(14)24/h2-7,21,24H,1H3,(H,20,25)(H,27,28). The lowest BCUT2D eigenvalue weighted by molar-refractivity contribution is -0.134. The third kappa shape index (κ3) is 4.01. The van der Waals surface area contributed by atoms with E-state index >= 15 is 0 Å². The Kier molecular flexibility index (Phi) is 5.40. The number of aromatic amines is 1. The van der Waals surface area contributed by atoms with E-state index in [9.17, 15) is 19.5 Å². The largest absolute Gasteiger partial charge is 0.493 e. The summed E-state index contributed by atoms with van der Waals surface area (Å²) in [5.74, 6) is -3.57. The number of rotatable bonds is 3. The Labute approximate surface area is 171 Å². The molecule has 9 nitrogen and oxygen atoms in total. The van der Waals surface area contributed by atoms with Gasteiger partial charge < -0.3 is 20.5 Å². The number of aromatic nitrogens is 1. The zero-order valence-corrected chi connectivity index (χ0v) is 16.5. The highest BCUT2D eigenvalue weighted by atomic mass is 127. The fourth-order valence-corrected chi connectivity index (χ4v) is 3.03. The van der Waals surface area contributed by atoms with Gasteiger partial charge in [-0.3, -0.25) is 9.59 Å². The molecule has 0 spiro atoms. The lowest BCUT2D eigenvalue weighted by atomic mass is 10.1. The number of nitrogens with zero attached hydrogens (tertiary/aromatic N) is 2. The normalized spacial score (nSPS) is 11.1. The van der Waals surface area contributed by atoms with Gasteiger partial charge in [-0.2, -0.15) is 0 Å². The summed E-state index contributed by atoms with van der Waals surface area (Å²) in [6, 6.07) is 9.44. The van der Waals surface area contributed by atoms with Gasteiger partial charge in [-0.15, -0.1) is 10.2 Å². The Hall–Kier alpha value is -3.28. The summed E-state index contributed by atoms with van der Waals surface area (Å²) in [6.45, 7) is 1.57. The van der Waals surface area contributed by atoms with Crippen LogP contribution in [-0.4, -0.2) is 33.0 Å². The zero-order chi connectivity index (χ0) is 20.4. The molecule has 2 amide bonds. The number of H-pyrrole nitrogens is 1. The Morgan fingerprint density at radius 2 is 1.89 bits per heavy atom. The van der Waals surface area contributed by atoms with Crippen molar-refractivity contribution in [2.75, 3.05) is 5.32 Å². The molecule has 4 N–H and O–H groups in total. The fraction of sp³-hybridized carbons (Fsp3) is 0.0556. The predicted molar refractivity (Wildman–Crippen MR) is 109 cm³/mol. The maximum atomic E-state index is 12.0. The summed E-state index contributed by atoms with van der Waals surface area (Å²) in [6.07, 6.45) is 0. The molecule has 0 unspecified atom stereocenters. The highest BCUT2D eigenvalue weighted by Crippen LogP contribution is 2.36. The Morgan fingerprint density at radius 1 is 1.14 bits per heavy atom. The third-order valence-corrected chi connectivity index (χ3v) is 4.53. The molecular formula is C18H13IN4O5. The quantitative estimate of drug-likeness (QED) is 0.250. The molecule has 3 rings (SSSR count). The molecule has 0 atom stereocenters. The highest BCUT2D eigenvalue weighted by Gasteiger charge is 2.16. The smallest absolute Gasteiger partial charge is 0.353 e. The number of carbonyl (C=O) groups excluding carboxylic acids is 2. The van der Waals surface area contributed by atoms with Crippen LogP contribution in [0.4, 0.5) is 11.4 Å². The molecule has 3 aromatic rings. The van der Waals surface area contributed by atoms with E-state index in [0.717, 1.165) is 3.57 Å². The van der Waals surface area contributed by atoms with Crippen molar-refractivity contribution >= 4 is 62.7 Å². The van der Waals surface area contributed by atoms with Gasteiger partial charge in [0.25, 0.3) is 0 Å². The van der Waals surface area contributed by atoms with Crippen LogP contribution in [0, 0.1) is 10.5 Å². The van der Waals surface area contributed by atoms with E-state index < -0.39 is 17.8 Å². The maximum absolute atomic E-state index is 12.0. The molecule has 0 saturated heterocycles. The lowest BCUT2D eigenvalue weighted by Gasteiger charge is -2.05. The first-order chi connectivity index (χ1) is 13.3. The van der Waals surface area contributed by atoms with Gasteiger partial charge in [-0.1, -0.05) is 0 Å². The van der Waals surface area contributed by atoms with Crippen molar-refractivity contribution < 1.29 is 24.6 Å². The van der Waals surface area contributed by atoms with Crippen LogP contribution in [0.5, 0.6) is 5.88 Å². The predicted octanol–water partition coefficient (Wildman–Crippen LogP) is 3.73. The van der Waals surface area contributed by atoms with E-state index in [2.05, 4.69) is 43.1 Å². The topological polar surface area (TPSA) is 144 Å². The van der Waals surface area contributed by atoms with Crippen molar-refractivity contribution in [1.82, 2.24) is 4.98 Å². The molecule has 0 aliphatic rings. The number of amides is 2. The monoisotopic (exact) mass is 492 g/mol. The second kappa shape index (κ2) is 7.76. The maximum Gasteiger partial charge on any atom is 0.353 e. The minimum absolute atomic E-state index is 0.0521. The van der Waals surface area contributed by atoms with Crippen molar-refractivity contribution in [3.8, 4) is 5.88 Å². The molecule has 0 saturated carbocycles. The highest BCUT2D eigenvalue weighted by molar-refractivity contribution is 14.1. The van der Waals surface area contributed by atoms with Crippen LogP contribution in [0.1, 0.15) is 15.9 Å². The number of benzene rings is 2. The minimum atomic E-state index is -1.17. The number of anilines is 1. The van der Waals surface area contributed by atoms with Crippen LogP contribution in [0.25, 0.3) is 10.9 Å². The Balaban J connectivity index is 1.77. The van der Waals surface area contributed by atoms with Gasteiger partial charge in [-0.25, -0.2) is 4.79 Å². The number of hydrogen-bond acceptors (Lipinski definition) is 5. The second-order valence-corrected chi connectivity index (χ2v) is 7.05. The molecule has 0 fully saturated rings. The number of hydrogen-bond donors (Lipinski definition) is 4. The molecule has 2 aromatic carbocycles. The summed E-state index contributed by atoms with van der Waals surface area (Å²) in [5.41, 5.74) is 1.43. The Morgan fingerprint density at radius 3 is 2.57 bits per heavy atom. The number of azo groups is 1. The number of halogens is 1. The van der Waals surface area contributed by atoms with Gasteiger partial charge in [0.15, 0.2) is 5.69 Å². The van der Waals surface area contributed by atoms with E-state index in [4.69, 9.17) is 5.11 Å². The first-order valence-electron chi connectivity index (χ1n) is 7.87. The van der Waals surface area contributed by atoms with E-state index in [0.29, 0.717) is 16.5 Å². The van der Waals surface area contributed by atoms with Gasteiger partial charge >= 0.3 is 17.8 Å². The number of aryl methyl sites for hydroxylation is 1. The van der Waals surface area contributed by atoms with Crippen LogP contribution in [0.2, 0.25) is 0 Å². The average molecular weight is 492 g/mol. The van der Waals surface area contributed by atoms with Crippen LogP contribution >= 0.6 is 22.6 Å². The van der Waals surface area contributed by atoms with Crippen molar-refractivity contribution in [2.45, 2.75) is 6.92 Å². The summed E-state index contributed by atoms with van der Waals surface area (Å²) in [7, 11) is 0. The fourth-order valence-electron chi connectivity index (χ4n) is 2.54. The number of carbonyl (C=O) groups is 3. The summed E-state index contributed by atoms with van der Waals surface area (Å²) in [5, 5.41) is 28.9. The van der Waals surface area contributed by atoms with Crippen LogP contribution in [0.15, 0.2) is 46.6 Å². The molecule has 1 heterocycles. The first kappa shape index (κ1) is 19.5. The molecule has 0 radical (unpaired) electrons. The average Bonchev–Trinajstić information content (AvgIpc) is 2.93. The summed E-state index contributed by atoms with van der Waals surface area (Å²) in [4.78, 5) is 37.7. The number of nitrogens with one attached hydrogen (secondary N) is 2. The Bertz CT molecular complexity index is 1150. The lowest BCUT2D eigenvalue weighted by Crippen LogP contribution is -2.20. The first-order valence-corrected chi connectivity index (χ1v) is 8.95. The second-order valence-electron chi connectivity index (χ2n) is 5.81. The van der Waals surface area contributed by atoms with Crippen LogP contribution in [-0.2, 0) is 9.59 Å². The molecule has 0 aliphatic carbocycles. The van der Waals surface area contributed by atoms with Gasteiger partial charge in [0, 0.05) is 14.6 Å². The van der Waals surface area contributed by atoms with Crippen molar-refractivity contribution in [3.63, 3.8) is 0 Å². The molecule has 28 heavy (non-hydrogen) atoms. The zero-order valence-electron chi connectivity index (χ0n) is 14.4. The molecule has 0 aliphatic heterocycles. The SMILES string of the molecule is Cc1cc(NC(=O)C(=O)N=Nc2c(O)[nH]c3ccc(I)cc23)ccc1C(=O)O. The molecule has 10 heteroatoms. The number of aromatic hydroxyl groups is 1. The number of fused-ring (bicyclic) bond motifs is 1. The van der Waals surface area contributed by atoms with Gasteiger partial charge in [-0.05, 0) is 71.5 Å². The van der Waals surface area contributed by atoms with Gasteiger partial charge in [0.2, 0.25) is 5.88 Å². The van der Waals surface area contributed by atoms with Gasteiger partial charge in [0.05, 0.1) is 11.1 Å². The van der Waals surface area contributed by atoms with E-state index in [1.807, 2.05) is 6.07 Å². The third-order valence-electron chi connectivity index (χ3n) is 3.86. The van der Waals surface area contributed by atoms with E-state index in [1.54, 1.807) is 19.1 Å². The van der Waals surface area contributed by atoms with Crippen LogP contribution in [0.3, 0.4) is 0 Å². The van der Waals surface area contributed by atoms with E-state index in [1.165, 1.54) is 18.2 Å².